The maximum Gasteiger partial charge on any atom is 0.257 e. The van der Waals surface area contributed by atoms with Gasteiger partial charge in [0, 0.05) is 0 Å². The van der Waals surface area contributed by atoms with E-state index >= 15 is 0 Å². The highest BCUT2D eigenvalue weighted by Gasteiger charge is 2.24. The molecule has 0 heterocycles. The van der Waals surface area contributed by atoms with Crippen molar-refractivity contribution in [3.05, 3.63) is 43.0 Å². The first-order valence-corrected chi connectivity index (χ1v) is 5.66. The summed E-state index contributed by atoms with van der Waals surface area (Å²) in [5, 5.41) is 0. The van der Waals surface area contributed by atoms with E-state index in [2.05, 4.69) is 6.58 Å². The fourth-order valence-corrected chi connectivity index (χ4v) is 2.13. The van der Waals surface area contributed by atoms with Gasteiger partial charge in [-0.3, -0.25) is 5.84 Å². The minimum Gasteiger partial charge on any atom is -0.310 e. The Morgan fingerprint density at radius 3 is 2.33 bits per heavy atom. The number of nitrogens with zero attached hydrogens (tertiary/aromatic N) is 1. The van der Waals surface area contributed by atoms with Gasteiger partial charge < -0.3 is 5.73 Å². The smallest absolute Gasteiger partial charge is 0.257 e. The van der Waals surface area contributed by atoms with Gasteiger partial charge in [-0.05, 0) is 12.1 Å². The highest BCUT2D eigenvalue weighted by Crippen LogP contribution is 2.12. The predicted octanol–water partition coefficient (Wildman–Crippen LogP) is 0.0218. The van der Waals surface area contributed by atoms with Crippen LogP contribution in [-0.4, -0.2) is 19.0 Å². The summed E-state index contributed by atoms with van der Waals surface area (Å²) in [5.74, 6) is 5.39. The molecule has 6 heteroatoms. The van der Waals surface area contributed by atoms with E-state index in [0.717, 1.165) is 0 Å². The van der Waals surface area contributed by atoms with Gasteiger partial charge in [0.25, 0.3) is 10.0 Å². The quantitative estimate of drug-likeness (QED) is 0.328. The first kappa shape index (κ1) is 11.9. The fourth-order valence-electron chi connectivity index (χ4n) is 0.978. The Balaban J connectivity index is 3.09. The van der Waals surface area contributed by atoms with Crippen molar-refractivity contribution in [1.82, 2.24) is 4.41 Å². The summed E-state index contributed by atoms with van der Waals surface area (Å²) in [7, 11) is -3.74. The standard InChI is InChI=1S/C9H13N3O2S/c1-2-9(10)12(11)15(13,14)8-6-4-3-5-7-8/h2-7,9H,1,10-11H2. The van der Waals surface area contributed by atoms with Crippen LogP contribution >= 0.6 is 0 Å². The Hall–Kier alpha value is -1.21. The lowest BCUT2D eigenvalue weighted by Crippen LogP contribution is -2.49. The van der Waals surface area contributed by atoms with Crippen molar-refractivity contribution in [3.63, 3.8) is 0 Å². The van der Waals surface area contributed by atoms with Gasteiger partial charge in [0.2, 0.25) is 0 Å². The second-order valence-electron chi connectivity index (χ2n) is 2.87. The molecule has 5 nitrogen and oxygen atoms in total. The number of nitrogens with two attached hydrogens (primary N) is 2. The molecule has 0 radical (unpaired) electrons. The van der Waals surface area contributed by atoms with Gasteiger partial charge in [-0.25, -0.2) is 8.42 Å². The second kappa shape index (κ2) is 4.54. The molecule has 82 valence electrons. The number of hydrogen-bond acceptors (Lipinski definition) is 4. The van der Waals surface area contributed by atoms with Crippen LogP contribution in [0.2, 0.25) is 0 Å². The zero-order valence-electron chi connectivity index (χ0n) is 8.08. The van der Waals surface area contributed by atoms with E-state index in [9.17, 15) is 8.42 Å². The third kappa shape index (κ3) is 2.42. The molecule has 0 aliphatic heterocycles. The number of benzene rings is 1. The lowest BCUT2D eigenvalue weighted by molar-refractivity contribution is 0.380. The van der Waals surface area contributed by atoms with Crippen LogP contribution in [0.1, 0.15) is 0 Å². The third-order valence-electron chi connectivity index (χ3n) is 1.85. The molecule has 1 rings (SSSR count). The van der Waals surface area contributed by atoms with Crippen molar-refractivity contribution in [2.45, 2.75) is 11.1 Å². The summed E-state index contributed by atoms with van der Waals surface area (Å²) in [4.78, 5) is 0.102. The molecule has 1 aromatic rings. The van der Waals surface area contributed by atoms with Gasteiger partial charge in [-0.2, -0.15) is 0 Å². The molecule has 0 spiro atoms. The minimum absolute atomic E-state index is 0.102. The summed E-state index contributed by atoms with van der Waals surface area (Å²) in [5.41, 5.74) is 5.44. The zero-order valence-corrected chi connectivity index (χ0v) is 8.89. The van der Waals surface area contributed by atoms with E-state index < -0.39 is 16.2 Å². The third-order valence-corrected chi connectivity index (χ3v) is 3.52. The Morgan fingerprint density at radius 2 is 1.87 bits per heavy atom. The Kier molecular flexibility index (Phi) is 3.59. The van der Waals surface area contributed by atoms with Gasteiger partial charge in [0.1, 0.15) is 6.17 Å². The SMILES string of the molecule is C=CC(N)N(N)S(=O)(=O)c1ccccc1. The fraction of sp³-hybridized carbons (Fsp3) is 0.111. The molecule has 1 aromatic carbocycles. The average molecular weight is 227 g/mol. The van der Waals surface area contributed by atoms with Crippen molar-refractivity contribution in [2.75, 3.05) is 0 Å². The number of hydrogen-bond donors (Lipinski definition) is 2. The zero-order chi connectivity index (χ0) is 11.5. The predicted molar refractivity (Wildman–Crippen MR) is 57.8 cm³/mol. The highest BCUT2D eigenvalue weighted by molar-refractivity contribution is 7.89. The summed E-state index contributed by atoms with van der Waals surface area (Å²) < 4.78 is 24.2. The lowest BCUT2D eigenvalue weighted by Gasteiger charge is -2.20. The Labute approximate surface area is 89.0 Å². The Morgan fingerprint density at radius 1 is 1.33 bits per heavy atom. The van der Waals surface area contributed by atoms with Gasteiger partial charge in [0.15, 0.2) is 0 Å². The molecule has 0 saturated heterocycles. The summed E-state index contributed by atoms with van der Waals surface area (Å²) in [6.45, 7) is 3.38. The molecule has 0 saturated carbocycles. The summed E-state index contributed by atoms with van der Waals surface area (Å²) in [6.07, 6.45) is 0.315. The van der Waals surface area contributed by atoms with E-state index in [-0.39, 0.29) is 4.90 Å². The first-order chi connectivity index (χ1) is 7.00. The van der Waals surface area contributed by atoms with E-state index in [4.69, 9.17) is 11.6 Å². The topological polar surface area (TPSA) is 89.4 Å². The monoisotopic (exact) mass is 227 g/mol. The molecular formula is C9H13N3O2S. The Bertz CT molecular complexity index is 430. The van der Waals surface area contributed by atoms with Crippen LogP contribution in [0.25, 0.3) is 0 Å². The molecule has 0 aliphatic rings. The molecule has 0 aliphatic carbocycles. The second-order valence-corrected chi connectivity index (χ2v) is 4.72. The molecule has 1 atom stereocenters. The van der Waals surface area contributed by atoms with Crippen LogP contribution in [0.15, 0.2) is 47.9 Å². The van der Waals surface area contributed by atoms with Crippen molar-refractivity contribution in [2.24, 2.45) is 11.6 Å². The number of hydrazine groups is 1. The lowest BCUT2D eigenvalue weighted by atomic mass is 10.4. The van der Waals surface area contributed by atoms with E-state index in [1.165, 1.54) is 18.2 Å². The maximum absolute atomic E-state index is 11.8. The van der Waals surface area contributed by atoms with Crippen LogP contribution in [0.3, 0.4) is 0 Å². The van der Waals surface area contributed by atoms with Crippen molar-refractivity contribution < 1.29 is 8.42 Å². The summed E-state index contributed by atoms with van der Waals surface area (Å²) >= 11 is 0. The number of sulfonamides is 1. The van der Waals surface area contributed by atoms with Gasteiger partial charge in [0.05, 0.1) is 4.90 Å². The van der Waals surface area contributed by atoms with Gasteiger partial charge >= 0.3 is 0 Å². The van der Waals surface area contributed by atoms with Gasteiger partial charge in [-0.1, -0.05) is 24.3 Å². The highest BCUT2D eigenvalue weighted by atomic mass is 32.2. The van der Waals surface area contributed by atoms with E-state index in [0.29, 0.717) is 4.41 Å². The molecule has 1 unspecified atom stereocenters. The molecule has 0 fully saturated rings. The summed E-state index contributed by atoms with van der Waals surface area (Å²) in [6, 6.07) is 7.84. The van der Waals surface area contributed by atoms with E-state index in [1.807, 2.05) is 0 Å². The molecule has 0 bridgehead atoms. The van der Waals surface area contributed by atoms with Crippen LogP contribution in [-0.2, 0) is 10.0 Å². The van der Waals surface area contributed by atoms with Crippen LogP contribution < -0.4 is 11.6 Å². The van der Waals surface area contributed by atoms with Crippen LogP contribution in [0.5, 0.6) is 0 Å². The normalized spacial score (nSPS) is 13.8. The molecule has 15 heavy (non-hydrogen) atoms. The number of rotatable bonds is 4. The molecule has 0 aromatic heterocycles. The molecular weight excluding hydrogens is 214 g/mol. The molecule has 0 amide bonds. The van der Waals surface area contributed by atoms with Crippen LogP contribution in [0.4, 0.5) is 0 Å². The van der Waals surface area contributed by atoms with Crippen LogP contribution in [0, 0.1) is 0 Å². The largest absolute Gasteiger partial charge is 0.310 e. The average Bonchev–Trinajstić information content (AvgIpc) is 2.28. The minimum atomic E-state index is -3.74. The van der Waals surface area contributed by atoms with E-state index in [1.54, 1.807) is 18.2 Å². The molecule has 4 N–H and O–H groups in total. The van der Waals surface area contributed by atoms with Crippen molar-refractivity contribution in [3.8, 4) is 0 Å². The first-order valence-electron chi connectivity index (χ1n) is 4.22. The van der Waals surface area contributed by atoms with Crippen molar-refractivity contribution in [1.29, 1.82) is 0 Å². The maximum atomic E-state index is 11.8. The van der Waals surface area contributed by atoms with Gasteiger partial charge in [-0.15, -0.1) is 11.0 Å². The van der Waals surface area contributed by atoms with Crippen molar-refractivity contribution >= 4 is 10.0 Å².